The molecule has 15 heavy (non-hydrogen) atoms. The largest absolute Gasteiger partial charge is 0.485 e. The van der Waals surface area contributed by atoms with E-state index in [1.807, 2.05) is 39.8 Å². The summed E-state index contributed by atoms with van der Waals surface area (Å²) in [7, 11) is 0. The van der Waals surface area contributed by atoms with Crippen LogP contribution in [-0.2, 0) is 0 Å². The van der Waals surface area contributed by atoms with E-state index in [0.29, 0.717) is 0 Å². The van der Waals surface area contributed by atoms with E-state index in [4.69, 9.17) is 9.84 Å². The molecule has 3 heteroatoms. The summed E-state index contributed by atoms with van der Waals surface area (Å²) < 4.78 is 6.80. The summed E-state index contributed by atoms with van der Waals surface area (Å²) in [5, 5.41) is 9.11. The van der Waals surface area contributed by atoms with E-state index in [2.05, 4.69) is 15.9 Å². The summed E-state index contributed by atoms with van der Waals surface area (Å²) in [6.07, 6.45) is 0. The first-order valence-corrected chi connectivity index (χ1v) is 5.71. The maximum absolute atomic E-state index is 9.11. The fourth-order valence-electron chi connectivity index (χ4n) is 1.32. The Morgan fingerprint density at radius 3 is 2.13 bits per heavy atom. The lowest BCUT2D eigenvalue weighted by Gasteiger charge is -2.24. The molecule has 0 radical (unpaired) electrons. The van der Waals surface area contributed by atoms with Gasteiger partial charge in [-0.1, -0.05) is 15.9 Å². The Kier molecular flexibility index (Phi) is 3.79. The molecule has 0 spiro atoms. The molecule has 84 valence electrons. The number of aryl methyl sites for hydroxylation is 2. The molecule has 0 aliphatic carbocycles. The van der Waals surface area contributed by atoms with Crippen LogP contribution in [-0.4, -0.2) is 17.3 Å². The Morgan fingerprint density at radius 1 is 1.27 bits per heavy atom. The molecule has 1 rings (SSSR count). The van der Waals surface area contributed by atoms with Crippen molar-refractivity contribution in [2.24, 2.45) is 0 Å². The monoisotopic (exact) mass is 272 g/mol. The molecule has 0 saturated heterocycles. The Balaban J connectivity index is 2.98. The number of hydrogen-bond donors (Lipinski definition) is 1. The van der Waals surface area contributed by atoms with Gasteiger partial charge in [-0.3, -0.25) is 0 Å². The van der Waals surface area contributed by atoms with Crippen LogP contribution >= 0.6 is 15.9 Å². The highest BCUT2D eigenvalue weighted by Gasteiger charge is 2.18. The lowest BCUT2D eigenvalue weighted by Crippen LogP contribution is -2.32. The summed E-state index contributed by atoms with van der Waals surface area (Å²) in [6.45, 7) is 7.77. The fraction of sp³-hybridized carbons (Fsp3) is 0.500. The van der Waals surface area contributed by atoms with Gasteiger partial charge in [-0.2, -0.15) is 0 Å². The summed E-state index contributed by atoms with van der Waals surface area (Å²) in [4.78, 5) is 0. The van der Waals surface area contributed by atoms with Crippen molar-refractivity contribution < 1.29 is 9.84 Å². The Morgan fingerprint density at radius 2 is 1.73 bits per heavy atom. The van der Waals surface area contributed by atoms with Crippen LogP contribution in [0.5, 0.6) is 5.75 Å². The summed E-state index contributed by atoms with van der Waals surface area (Å²) in [5.74, 6) is 0.798. The highest BCUT2D eigenvalue weighted by Crippen LogP contribution is 2.28. The van der Waals surface area contributed by atoms with E-state index in [9.17, 15) is 0 Å². The molecule has 0 aliphatic rings. The molecule has 0 atom stereocenters. The van der Waals surface area contributed by atoms with Gasteiger partial charge < -0.3 is 9.84 Å². The lowest BCUT2D eigenvalue weighted by molar-refractivity contribution is 0.0411. The van der Waals surface area contributed by atoms with Gasteiger partial charge in [-0.25, -0.2) is 0 Å². The van der Waals surface area contributed by atoms with Gasteiger partial charge in [-0.15, -0.1) is 0 Å². The SMILES string of the molecule is Cc1cc(OC(C)(C)CO)cc(C)c1Br. The molecular formula is C12H17BrO2. The molecule has 1 N–H and O–H groups in total. The molecule has 0 bridgehead atoms. The first kappa shape index (κ1) is 12.5. The Bertz CT molecular complexity index is 336. The molecule has 0 aromatic heterocycles. The van der Waals surface area contributed by atoms with Gasteiger partial charge in [0.15, 0.2) is 0 Å². The third-order valence-electron chi connectivity index (χ3n) is 2.18. The average molecular weight is 273 g/mol. The van der Waals surface area contributed by atoms with Gasteiger partial charge in [-0.05, 0) is 51.0 Å². The molecule has 0 amide bonds. The van der Waals surface area contributed by atoms with E-state index >= 15 is 0 Å². The van der Waals surface area contributed by atoms with Crippen LogP contribution < -0.4 is 4.74 Å². The maximum Gasteiger partial charge on any atom is 0.126 e. The van der Waals surface area contributed by atoms with Gasteiger partial charge in [0.1, 0.15) is 11.4 Å². The van der Waals surface area contributed by atoms with Crippen LogP contribution in [0.3, 0.4) is 0 Å². The number of hydrogen-bond acceptors (Lipinski definition) is 2. The van der Waals surface area contributed by atoms with E-state index < -0.39 is 5.60 Å². The van der Waals surface area contributed by atoms with Crippen molar-refractivity contribution in [1.29, 1.82) is 0 Å². The van der Waals surface area contributed by atoms with Crippen molar-refractivity contribution in [3.8, 4) is 5.75 Å². The number of rotatable bonds is 3. The molecule has 1 aromatic rings. The van der Waals surface area contributed by atoms with Crippen molar-refractivity contribution in [2.75, 3.05) is 6.61 Å². The van der Waals surface area contributed by atoms with Crippen LogP contribution in [0.4, 0.5) is 0 Å². The predicted molar refractivity (Wildman–Crippen MR) is 65.4 cm³/mol. The fourth-order valence-corrected chi connectivity index (χ4v) is 1.55. The van der Waals surface area contributed by atoms with Gasteiger partial charge in [0.05, 0.1) is 6.61 Å². The number of benzene rings is 1. The normalized spacial score (nSPS) is 11.6. The third kappa shape index (κ3) is 3.21. The third-order valence-corrected chi connectivity index (χ3v) is 3.44. The Labute approximate surface area is 99.4 Å². The zero-order valence-electron chi connectivity index (χ0n) is 9.60. The van der Waals surface area contributed by atoms with Crippen molar-refractivity contribution in [3.63, 3.8) is 0 Å². The lowest BCUT2D eigenvalue weighted by atomic mass is 10.1. The van der Waals surface area contributed by atoms with Crippen LogP contribution in [0.1, 0.15) is 25.0 Å². The number of aliphatic hydroxyl groups is 1. The first-order valence-electron chi connectivity index (χ1n) is 4.92. The molecule has 2 nitrogen and oxygen atoms in total. The summed E-state index contributed by atoms with van der Waals surface area (Å²) >= 11 is 3.51. The minimum atomic E-state index is -0.535. The van der Waals surface area contributed by atoms with Gasteiger partial charge in [0.2, 0.25) is 0 Å². The van der Waals surface area contributed by atoms with Gasteiger partial charge in [0, 0.05) is 4.47 Å². The highest BCUT2D eigenvalue weighted by molar-refractivity contribution is 9.10. The van der Waals surface area contributed by atoms with Crippen LogP contribution in [0.2, 0.25) is 0 Å². The average Bonchev–Trinajstić information content (AvgIpc) is 2.13. The highest BCUT2D eigenvalue weighted by atomic mass is 79.9. The molecule has 0 fully saturated rings. The number of halogens is 1. The predicted octanol–water partition coefficient (Wildman–Crippen LogP) is 3.22. The van der Waals surface area contributed by atoms with E-state index in [1.54, 1.807) is 0 Å². The zero-order valence-corrected chi connectivity index (χ0v) is 11.2. The van der Waals surface area contributed by atoms with Crippen molar-refractivity contribution in [3.05, 3.63) is 27.7 Å². The standard InChI is InChI=1S/C12H17BrO2/c1-8-5-10(6-9(2)11(8)13)15-12(3,4)7-14/h5-6,14H,7H2,1-4H3. The second kappa shape index (κ2) is 4.54. The number of aliphatic hydroxyl groups excluding tert-OH is 1. The van der Waals surface area contributed by atoms with Crippen LogP contribution in [0, 0.1) is 13.8 Å². The van der Waals surface area contributed by atoms with E-state index in [-0.39, 0.29) is 6.61 Å². The number of ether oxygens (including phenoxy) is 1. The van der Waals surface area contributed by atoms with Crippen molar-refractivity contribution >= 4 is 15.9 Å². The Hall–Kier alpha value is -0.540. The summed E-state index contributed by atoms with van der Waals surface area (Å²) in [6, 6.07) is 3.93. The van der Waals surface area contributed by atoms with Crippen LogP contribution in [0.15, 0.2) is 16.6 Å². The van der Waals surface area contributed by atoms with Crippen LogP contribution in [0.25, 0.3) is 0 Å². The summed E-state index contributed by atoms with van der Waals surface area (Å²) in [5.41, 5.74) is 1.74. The molecule has 0 heterocycles. The molecule has 1 aromatic carbocycles. The second-order valence-electron chi connectivity index (χ2n) is 4.39. The maximum atomic E-state index is 9.11. The first-order chi connectivity index (χ1) is 6.85. The topological polar surface area (TPSA) is 29.5 Å². The molecule has 0 unspecified atom stereocenters. The van der Waals surface area contributed by atoms with Crippen molar-refractivity contribution in [2.45, 2.75) is 33.3 Å². The van der Waals surface area contributed by atoms with Crippen molar-refractivity contribution in [1.82, 2.24) is 0 Å². The zero-order chi connectivity index (χ0) is 11.6. The second-order valence-corrected chi connectivity index (χ2v) is 5.18. The molecule has 0 aliphatic heterocycles. The minimum Gasteiger partial charge on any atom is -0.485 e. The minimum absolute atomic E-state index is 0.00115. The van der Waals surface area contributed by atoms with E-state index in [0.717, 1.165) is 21.3 Å². The molecular weight excluding hydrogens is 256 g/mol. The van der Waals surface area contributed by atoms with Gasteiger partial charge in [0.25, 0.3) is 0 Å². The van der Waals surface area contributed by atoms with E-state index in [1.165, 1.54) is 0 Å². The van der Waals surface area contributed by atoms with Gasteiger partial charge >= 0.3 is 0 Å². The quantitative estimate of drug-likeness (QED) is 0.916. The smallest absolute Gasteiger partial charge is 0.126 e. The molecule has 0 saturated carbocycles.